The van der Waals surface area contributed by atoms with Gasteiger partial charge in [0, 0.05) is 29.9 Å². The van der Waals surface area contributed by atoms with E-state index < -0.39 is 0 Å². The zero-order chi connectivity index (χ0) is 17.8. The average Bonchev–Trinajstić information content (AvgIpc) is 2.64. The van der Waals surface area contributed by atoms with E-state index in [4.69, 9.17) is 0 Å². The fourth-order valence-electron chi connectivity index (χ4n) is 3.22. The van der Waals surface area contributed by atoms with Crippen molar-refractivity contribution in [2.75, 3.05) is 18.0 Å². The van der Waals surface area contributed by atoms with Crippen molar-refractivity contribution in [2.24, 2.45) is 0 Å². The number of hydrogen-bond donors (Lipinski definition) is 1. The van der Waals surface area contributed by atoms with Crippen molar-refractivity contribution in [3.8, 4) is 0 Å². The second-order valence-corrected chi connectivity index (χ2v) is 6.53. The predicted octanol–water partition coefficient (Wildman–Crippen LogP) is 3.73. The normalized spacial score (nSPS) is 13.3. The van der Waals surface area contributed by atoms with Crippen molar-refractivity contribution < 1.29 is 9.59 Å². The molecule has 25 heavy (non-hydrogen) atoms. The molecular formula is C21H24N2O2. The van der Waals surface area contributed by atoms with Gasteiger partial charge in [-0.2, -0.15) is 0 Å². The van der Waals surface area contributed by atoms with E-state index in [1.807, 2.05) is 61.2 Å². The average molecular weight is 336 g/mol. The summed E-state index contributed by atoms with van der Waals surface area (Å²) >= 11 is 0. The van der Waals surface area contributed by atoms with Gasteiger partial charge in [-0.3, -0.25) is 9.59 Å². The molecule has 3 rings (SSSR count). The zero-order valence-electron chi connectivity index (χ0n) is 14.8. The van der Waals surface area contributed by atoms with E-state index in [1.54, 1.807) is 0 Å². The number of fused-ring (bicyclic) bond motifs is 1. The second kappa shape index (κ2) is 7.51. The number of carbonyl (C=O) groups is 2. The molecule has 0 bridgehead atoms. The van der Waals surface area contributed by atoms with Crippen LogP contribution < -0.4 is 10.2 Å². The maximum absolute atomic E-state index is 12.9. The van der Waals surface area contributed by atoms with Crippen molar-refractivity contribution in [3.05, 3.63) is 64.7 Å². The number of aryl methyl sites for hydroxylation is 2. The molecule has 1 N–H and O–H groups in total. The van der Waals surface area contributed by atoms with Gasteiger partial charge in [-0.15, -0.1) is 0 Å². The lowest BCUT2D eigenvalue weighted by Gasteiger charge is -2.30. The smallest absolute Gasteiger partial charge is 0.258 e. The lowest BCUT2D eigenvalue weighted by molar-refractivity contribution is 0.0952. The molecule has 0 aromatic heterocycles. The molecular weight excluding hydrogens is 312 g/mol. The quantitative estimate of drug-likeness (QED) is 0.925. The van der Waals surface area contributed by atoms with Crippen LogP contribution in [0.3, 0.4) is 0 Å². The van der Waals surface area contributed by atoms with Crippen LogP contribution in [0.15, 0.2) is 42.5 Å². The third kappa shape index (κ3) is 3.73. The Morgan fingerprint density at radius 2 is 1.96 bits per heavy atom. The highest BCUT2D eigenvalue weighted by Crippen LogP contribution is 2.29. The Hall–Kier alpha value is -2.62. The standard InChI is InChI=1S/C21H24N2O2/c1-3-11-22-20(24)17-9-10-19-16(14-17)8-5-12-23(19)21(25)18-7-4-6-15(2)13-18/h4,6-7,9-10,13-14H,3,5,8,11-12H2,1-2H3,(H,22,24). The first-order valence-electron chi connectivity index (χ1n) is 8.90. The van der Waals surface area contributed by atoms with Gasteiger partial charge in [0.05, 0.1) is 0 Å². The zero-order valence-corrected chi connectivity index (χ0v) is 14.8. The van der Waals surface area contributed by atoms with Crippen LogP contribution in [0.4, 0.5) is 5.69 Å². The van der Waals surface area contributed by atoms with Gasteiger partial charge in [-0.05, 0) is 62.1 Å². The van der Waals surface area contributed by atoms with Gasteiger partial charge in [0.1, 0.15) is 0 Å². The number of anilines is 1. The molecule has 0 radical (unpaired) electrons. The number of carbonyl (C=O) groups excluding carboxylic acids is 2. The second-order valence-electron chi connectivity index (χ2n) is 6.53. The highest BCUT2D eigenvalue weighted by atomic mass is 16.2. The van der Waals surface area contributed by atoms with E-state index in [9.17, 15) is 9.59 Å². The fourth-order valence-corrected chi connectivity index (χ4v) is 3.22. The summed E-state index contributed by atoms with van der Waals surface area (Å²) in [5.41, 5.74) is 4.43. The van der Waals surface area contributed by atoms with Gasteiger partial charge >= 0.3 is 0 Å². The van der Waals surface area contributed by atoms with Crippen molar-refractivity contribution in [3.63, 3.8) is 0 Å². The highest BCUT2D eigenvalue weighted by molar-refractivity contribution is 6.07. The van der Waals surface area contributed by atoms with E-state index in [-0.39, 0.29) is 11.8 Å². The molecule has 0 fully saturated rings. The molecule has 4 nitrogen and oxygen atoms in total. The van der Waals surface area contributed by atoms with E-state index in [1.165, 1.54) is 0 Å². The van der Waals surface area contributed by atoms with E-state index >= 15 is 0 Å². The minimum atomic E-state index is -0.0493. The van der Waals surface area contributed by atoms with Gasteiger partial charge in [0.2, 0.25) is 0 Å². The molecule has 0 saturated heterocycles. The first kappa shape index (κ1) is 17.2. The lowest BCUT2D eigenvalue weighted by atomic mass is 9.98. The van der Waals surface area contributed by atoms with Crippen LogP contribution in [0.2, 0.25) is 0 Å². The lowest BCUT2D eigenvalue weighted by Crippen LogP contribution is -2.35. The molecule has 0 aliphatic carbocycles. The van der Waals surface area contributed by atoms with Gasteiger partial charge in [0.15, 0.2) is 0 Å². The Morgan fingerprint density at radius 3 is 2.72 bits per heavy atom. The van der Waals surface area contributed by atoms with Crippen molar-refractivity contribution >= 4 is 17.5 Å². The number of benzene rings is 2. The predicted molar refractivity (Wildman–Crippen MR) is 100 cm³/mol. The molecule has 1 aliphatic rings. The molecule has 0 atom stereocenters. The van der Waals surface area contributed by atoms with Crippen molar-refractivity contribution in [1.29, 1.82) is 0 Å². The summed E-state index contributed by atoms with van der Waals surface area (Å²) < 4.78 is 0. The van der Waals surface area contributed by atoms with Gasteiger partial charge in [0.25, 0.3) is 11.8 Å². The van der Waals surface area contributed by atoms with Gasteiger partial charge in [-0.1, -0.05) is 24.6 Å². The van der Waals surface area contributed by atoms with Crippen LogP contribution in [0.25, 0.3) is 0 Å². The number of rotatable bonds is 4. The minimum absolute atomic E-state index is 0.0211. The van der Waals surface area contributed by atoms with Crippen LogP contribution in [0.5, 0.6) is 0 Å². The Bertz CT molecular complexity index is 798. The maximum Gasteiger partial charge on any atom is 0.258 e. The summed E-state index contributed by atoms with van der Waals surface area (Å²) in [4.78, 5) is 26.9. The van der Waals surface area contributed by atoms with Crippen LogP contribution in [0, 0.1) is 6.92 Å². The van der Waals surface area contributed by atoms with E-state index in [2.05, 4.69) is 5.32 Å². The Morgan fingerprint density at radius 1 is 1.12 bits per heavy atom. The Balaban J connectivity index is 1.87. The molecule has 0 unspecified atom stereocenters. The molecule has 130 valence electrons. The molecule has 0 spiro atoms. The van der Waals surface area contributed by atoms with E-state index in [0.29, 0.717) is 24.2 Å². The first-order chi connectivity index (χ1) is 12.1. The van der Waals surface area contributed by atoms with Gasteiger partial charge < -0.3 is 10.2 Å². The largest absolute Gasteiger partial charge is 0.352 e. The van der Waals surface area contributed by atoms with E-state index in [0.717, 1.165) is 36.1 Å². The maximum atomic E-state index is 12.9. The molecule has 2 aromatic rings. The van der Waals surface area contributed by atoms with Crippen LogP contribution in [-0.2, 0) is 6.42 Å². The van der Waals surface area contributed by atoms with Crippen LogP contribution >= 0.6 is 0 Å². The summed E-state index contributed by atoms with van der Waals surface area (Å²) in [5.74, 6) is -0.0281. The Kier molecular flexibility index (Phi) is 5.17. The third-order valence-electron chi connectivity index (χ3n) is 4.51. The molecule has 2 aromatic carbocycles. The highest BCUT2D eigenvalue weighted by Gasteiger charge is 2.24. The summed E-state index contributed by atoms with van der Waals surface area (Å²) in [6, 6.07) is 13.3. The number of nitrogens with zero attached hydrogens (tertiary/aromatic N) is 1. The number of hydrogen-bond acceptors (Lipinski definition) is 2. The summed E-state index contributed by atoms with van der Waals surface area (Å²) in [7, 11) is 0. The molecule has 2 amide bonds. The Labute approximate surface area is 148 Å². The van der Waals surface area contributed by atoms with Crippen LogP contribution in [0.1, 0.15) is 51.6 Å². The molecule has 1 heterocycles. The summed E-state index contributed by atoms with van der Waals surface area (Å²) in [6.45, 7) is 5.40. The minimum Gasteiger partial charge on any atom is -0.352 e. The molecule has 4 heteroatoms. The monoisotopic (exact) mass is 336 g/mol. The van der Waals surface area contributed by atoms with Crippen molar-refractivity contribution in [1.82, 2.24) is 5.32 Å². The van der Waals surface area contributed by atoms with Gasteiger partial charge in [-0.25, -0.2) is 0 Å². The summed E-state index contributed by atoms with van der Waals surface area (Å²) in [5, 5.41) is 2.90. The molecule has 0 saturated carbocycles. The number of amides is 2. The third-order valence-corrected chi connectivity index (χ3v) is 4.51. The fraction of sp³-hybridized carbons (Fsp3) is 0.333. The van der Waals surface area contributed by atoms with Crippen molar-refractivity contribution in [2.45, 2.75) is 33.1 Å². The first-order valence-corrected chi connectivity index (χ1v) is 8.90. The number of nitrogens with one attached hydrogen (secondary N) is 1. The molecule has 1 aliphatic heterocycles. The summed E-state index contributed by atoms with van der Waals surface area (Å²) in [6.07, 6.45) is 2.71. The topological polar surface area (TPSA) is 49.4 Å². The van der Waals surface area contributed by atoms with Crippen LogP contribution in [-0.4, -0.2) is 24.9 Å². The SMILES string of the molecule is CCCNC(=O)c1ccc2c(c1)CCCN2C(=O)c1cccc(C)c1.